The lowest BCUT2D eigenvalue weighted by Crippen LogP contribution is -2.54. The molecule has 0 spiro atoms. The first-order valence-corrected chi connectivity index (χ1v) is 12.3. The predicted octanol–water partition coefficient (Wildman–Crippen LogP) is 8.60. The van der Waals surface area contributed by atoms with Crippen LogP contribution in [0.3, 0.4) is 0 Å². The summed E-state index contributed by atoms with van der Waals surface area (Å²) in [6, 6.07) is 5.17. The molecule has 0 aromatic heterocycles. The van der Waals surface area contributed by atoms with E-state index in [-0.39, 0.29) is 34.5 Å². The lowest BCUT2D eigenvalue weighted by atomic mass is 9.70. The number of rotatable bonds is 4. The van der Waals surface area contributed by atoms with Gasteiger partial charge >= 0.3 is 12.4 Å². The maximum absolute atomic E-state index is 14.7. The minimum Gasteiger partial charge on any atom is -0.508 e. The monoisotopic (exact) mass is 500 g/mol. The van der Waals surface area contributed by atoms with Gasteiger partial charge in [-0.2, -0.15) is 26.3 Å². The van der Waals surface area contributed by atoms with Gasteiger partial charge in [0.2, 0.25) is 5.41 Å². The van der Waals surface area contributed by atoms with Gasteiger partial charge in [0.15, 0.2) is 0 Å². The number of alkyl halides is 6. The van der Waals surface area contributed by atoms with Crippen LogP contribution in [0, 0.1) is 0 Å². The fourth-order valence-electron chi connectivity index (χ4n) is 6.04. The molecule has 2 aliphatic rings. The predicted molar refractivity (Wildman–Crippen MR) is 121 cm³/mol. The van der Waals surface area contributed by atoms with Gasteiger partial charge in [-0.25, -0.2) is 0 Å². The molecule has 0 heterocycles. The summed E-state index contributed by atoms with van der Waals surface area (Å²) in [6.45, 7) is 0. The molecule has 0 bridgehead atoms. The molecule has 0 amide bonds. The normalized spacial score (nSPS) is 19.1. The average Bonchev–Trinajstić information content (AvgIpc) is 2.81. The van der Waals surface area contributed by atoms with Crippen molar-refractivity contribution in [3.8, 4) is 11.5 Å². The molecule has 192 valence electrons. The molecule has 2 aliphatic carbocycles. The van der Waals surface area contributed by atoms with Crippen LogP contribution in [0.15, 0.2) is 36.4 Å². The van der Waals surface area contributed by atoms with Crippen molar-refractivity contribution in [1.82, 2.24) is 0 Å². The Morgan fingerprint density at radius 3 is 1.20 bits per heavy atom. The Kier molecular flexibility index (Phi) is 7.04. The van der Waals surface area contributed by atoms with Crippen molar-refractivity contribution >= 4 is 0 Å². The molecule has 2 N–H and O–H groups in total. The first-order chi connectivity index (χ1) is 16.5. The highest BCUT2D eigenvalue weighted by Crippen LogP contribution is 2.58. The molecule has 4 rings (SSSR count). The van der Waals surface area contributed by atoms with Crippen molar-refractivity contribution in [2.45, 2.75) is 93.8 Å². The number of benzene rings is 2. The van der Waals surface area contributed by atoms with Crippen LogP contribution in [0.2, 0.25) is 0 Å². The topological polar surface area (TPSA) is 40.5 Å². The first-order valence-electron chi connectivity index (χ1n) is 12.3. The highest BCUT2D eigenvalue weighted by Gasteiger charge is 2.72. The Balaban J connectivity index is 1.94. The summed E-state index contributed by atoms with van der Waals surface area (Å²) in [6.07, 6.45) is -3.89. The first kappa shape index (κ1) is 25.7. The standard InChI is InChI=1S/C27H30F6O2/c28-26(29,30)25(27(31,32)33,19-11-13-23(34)21(15-19)17-7-3-1-4-8-17)20-12-14-24(35)22(16-20)18-9-5-2-6-10-18/h11-18,34-35H,1-10H2. The largest absolute Gasteiger partial charge is 0.508 e. The van der Waals surface area contributed by atoms with E-state index in [4.69, 9.17) is 0 Å². The van der Waals surface area contributed by atoms with E-state index in [9.17, 15) is 36.6 Å². The van der Waals surface area contributed by atoms with Crippen LogP contribution >= 0.6 is 0 Å². The van der Waals surface area contributed by atoms with Crippen LogP contribution in [0.25, 0.3) is 0 Å². The minimum atomic E-state index is -5.72. The maximum atomic E-state index is 14.7. The Bertz CT molecular complexity index is 947. The van der Waals surface area contributed by atoms with Crippen molar-refractivity contribution in [3.63, 3.8) is 0 Å². The summed E-state index contributed by atoms with van der Waals surface area (Å²) < 4.78 is 88.5. The SMILES string of the molecule is Oc1ccc(C(c2ccc(O)c(C3CCCCC3)c2)(C(F)(F)F)C(F)(F)F)cc1C1CCCCC1. The average molecular weight is 501 g/mol. The van der Waals surface area contributed by atoms with Crippen LogP contribution in [-0.4, -0.2) is 22.6 Å². The second kappa shape index (κ2) is 9.58. The fraction of sp³-hybridized carbons (Fsp3) is 0.556. The third-order valence-electron chi connectivity index (χ3n) is 7.86. The zero-order valence-corrected chi connectivity index (χ0v) is 19.4. The minimum absolute atomic E-state index is 0.131. The Morgan fingerprint density at radius 1 is 0.543 bits per heavy atom. The molecule has 0 radical (unpaired) electrons. The van der Waals surface area contributed by atoms with E-state index in [1.165, 1.54) is 0 Å². The maximum Gasteiger partial charge on any atom is 0.411 e. The zero-order valence-electron chi connectivity index (χ0n) is 19.4. The Morgan fingerprint density at radius 2 is 0.886 bits per heavy atom. The van der Waals surface area contributed by atoms with Gasteiger partial charge in [-0.1, -0.05) is 62.8 Å². The quantitative estimate of drug-likeness (QED) is 0.413. The van der Waals surface area contributed by atoms with E-state index >= 15 is 0 Å². The molecule has 0 aliphatic heterocycles. The van der Waals surface area contributed by atoms with Crippen LogP contribution in [-0.2, 0) is 5.41 Å². The van der Waals surface area contributed by atoms with Gasteiger partial charge in [-0.3, -0.25) is 0 Å². The van der Waals surface area contributed by atoms with Crippen LogP contribution in [0.5, 0.6) is 11.5 Å². The smallest absolute Gasteiger partial charge is 0.411 e. The molecule has 0 saturated heterocycles. The molecule has 2 saturated carbocycles. The van der Waals surface area contributed by atoms with Gasteiger partial charge in [0, 0.05) is 0 Å². The molecule has 0 atom stereocenters. The van der Waals surface area contributed by atoms with Crippen molar-refractivity contribution in [2.75, 3.05) is 0 Å². The van der Waals surface area contributed by atoms with Gasteiger partial charge in [0.1, 0.15) is 11.5 Å². The number of phenols is 2. The van der Waals surface area contributed by atoms with Gasteiger partial charge in [0.05, 0.1) is 0 Å². The van der Waals surface area contributed by atoms with Crippen LogP contribution in [0.1, 0.15) is 98.3 Å². The lowest BCUT2D eigenvalue weighted by Gasteiger charge is -2.39. The molecular weight excluding hydrogens is 470 g/mol. The second-order valence-electron chi connectivity index (χ2n) is 9.96. The van der Waals surface area contributed by atoms with E-state index in [1.807, 2.05) is 0 Å². The molecule has 8 heteroatoms. The van der Waals surface area contributed by atoms with Gasteiger partial charge in [-0.05, 0) is 71.9 Å². The molecule has 2 aromatic rings. The van der Waals surface area contributed by atoms with Crippen molar-refractivity contribution < 1.29 is 36.6 Å². The number of hydrogen-bond acceptors (Lipinski definition) is 2. The Labute approximate surface area is 201 Å². The number of phenolic OH excluding ortho intramolecular Hbond substituents is 2. The number of aromatic hydroxyl groups is 2. The van der Waals surface area contributed by atoms with E-state index in [2.05, 4.69) is 0 Å². The summed E-state index contributed by atoms with van der Waals surface area (Å²) in [5.41, 5.74) is -5.96. The van der Waals surface area contributed by atoms with E-state index in [0.29, 0.717) is 25.7 Å². The summed E-state index contributed by atoms with van der Waals surface area (Å²) in [7, 11) is 0. The summed E-state index contributed by atoms with van der Waals surface area (Å²) in [4.78, 5) is 0. The van der Waals surface area contributed by atoms with Crippen LogP contribution < -0.4 is 0 Å². The second-order valence-corrected chi connectivity index (χ2v) is 9.96. The summed E-state index contributed by atoms with van der Waals surface area (Å²) >= 11 is 0. The van der Waals surface area contributed by atoms with Crippen molar-refractivity contribution in [2.24, 2.45) is 0 Å². The molecule has 2 aromatic carbocycles. The van der Waals surface area contributed by atoms with Crippen LogP contribution in [0.4, 0.5) is 26.3 Å². The Hall–Kier alpha value is -2.38. The number of hydrogen-bond donors (Lipinski definition) is 2. The van der Waals surface area contributed by atoms with E-state index in [1.54, 1.807) is 0 Å². The summed E-state index contributed by atoms with van der Waals surface area (Å²) in [5, 5.41) is 20.8. The van der Waals surface area contributed by atoms with Gasteiger partial charge < -0.3 is 10.2 Å². The van der Waals surface area contributed by atoms with E-state index < -0.39 is 28.9 Å². The lowest BCUT2D eigenvalue weighted by molar-refractivity contribution is -0.288. The molecular formula is C27H30F6O2. The van der Waals surface area contributed by atoms with Gasteiger partial charge in [0.25, 0.3) is 0 Å². The molecule has 2 nitrogen and oxygen atoms in total. The third-order valence-corrected chi connectivity index (χ3v) is 7.86. The van der Waals surface area contributed by atoms with Crippen molar-refractivity contribution in [1.29, 1.82) is 0 Å². The molecule has 2 fully saturated rings. The molecule has 0 unspecified atom stereocenters. The zero-order chi connectivity index (χ0) is 25.4. The third kappa shape index (κ3) is 4.60. The van der Waals surface area contributed by atoms with E-state index in [0.717, 1.165) is 74.9 Å². The van der Waals surface area contributed by atoms with Crippen molar-refractivity contribution in [3.05, 3.63) is 58.7 Å². The summed E-state index contributed by atoms with van der Waals surface area (Å²) in [5.74, 6) is -1.15. The highest BCUT2D eigenvalue weighted by atomic mass is 19.4. The number of halogens is 6. The highest BCUT2D eigenvalue weighted by molar-refractivity contribution is 5.52. The fourth-order valence-corrected chi connectivity index (χ4v) is 6.04. The van der Waals surface area contributed by atoms with Gasteiger partial charge in [-0.15, -0.1) is 0 Å². The molecule has 35 heavy (non-hydrogen) atoms.